The minimum Gasteiger partial charge on any atom is -0.385 e. The average Bonchev–Trinajstić information content (AvgIpc) is 2.64. The molecule has 0 fully saturated rings. The van der Waals surface area contributed by atoms with E-state index in [0.717, 1.165) is 31.2 Å². The Morgan fingerprint density at radius 1 is 1.53 bits per heavy atom. The second-order valence-electron chi connectivity index (χ2n) is 4.58. The van der Waals surface area contributed by atoms with Crippen LogP contribution in [0, 0.1) is 6.92 Å². The van der Waals surface area contributed by atoms with E-state index in [9.17, 15) is 0 Å². The molecule has 0 saturated carbocycles. The van der Waals surface area contributed by atoms with Crippen molar-refractivity contribution in [3.63, 3.8) is 0 Å². The standard InChI is InChI=1S/C13H25N3O/c1-5-6-8-16-10-12(3)15-13(16)14-11(2)7-9-17-4/h10-11H,5-9H2,1-4H3,(H,14,15). The molecule has 1 aromatic heterocycles. The summed E-state index contributed by atoms with van der Waals surface area (Å²) in [5.41, 5.74) is 1.07. The molecule has 1 N–H and O–H groups in total. The number of aromatic nitrogens is 2. The molecule has 0 saturated heterocycles. The minimum atomic E-state index is 0.386. The zero-order valence-corrected chi connectivity index (χ0v) is 11.5. The van der Waals surface area contributed by atoms with E-state index in [1.165, 1.54) is 12.8 Å². The Bertz CT molecular complexity index is 322. The Hall–Kier alpha value is -1.03. The molecule has 1 aromatic rings. The first-order valence-electron chi connectivity index (χ1n) is 6.46. The maximum atomic E-state index is 5.08. The predicted molar refractivity (Wildman–Crippen MR) is 71.4 cm³/mol. The maximum absolute atomic E-state index is 5.08. The van der Waals surface area contributed by atoms with Gasteiger partial charge >= 0.3 is 0 Å². The third kappa shape index (κ3) is 4.77. The highest BCUT2D eigenvalue weighted by Gasteiger charge is 2.08. The summed E-state index contributed by atoms with van der Waals surface area (Å²) in [6.45, 7) is 8.22. The topological polar surface area (TPSA) is 39.1 Å². The van der Waals surface area contributed by atoms with Gasteiger partial charge in [-0.15, -0.1) is 0 Å². The Labute approximate surface area is 104 Å². The Kier molecular flexibility index (Phi) is 6.05. The summed E-state index contributed by atoms with van der Waals surface area (Å²) < 4.78 is 7.29. The van der Waals surface area contributed by atoms with Gasteiger partial charge in [-0.1, -0.05) is 13.3 Å². The molecule has 0 aliphatic carbocycles. The summed E-state index contributed by atoms with van der Waals surface area (Å²) in [5, 5.41) is 3.45. The first kappa shape index (κ1) is 14.0. The summed E-state index contributed by atoms with van der Waals surface area (Å²) >= 11 is 0. The lowest BCUT2D eigenvalue weighted by Crippen LogP contribution is -2.20. The van der Waals surface area contributed by atoms with Crippen molar-refractivity contribution in [3.8, 4) is 0 Å². The molecule has 4 heteroatoms. The summed E-state index contributed by atoms with van der Waals surface area (Å²) in [5.74, 6) is 0.986. The molecular weight excluding hydrogens is 214 g/mol. The molecule has 0 radical (unpaired) electrons. The summed E-state index contributed by atoms with van der Waals surface area (Å²) in [6, 6.07) is 0.386. The quantitative estimate of drug-likeness (QED) is 0.758. The molecule has 98 valence electrons. The number of imidazole rings is 1. The average molecular weight is 239 g/mol. The number of nitrogens with zero attached hydrogens (tertiary/aromatic N) is 2. The van der Waals surface area contributed by atoms with Crippen LogP contribution in [0.2, 0.25) is 0 Å². The molecule has 0 amide bonds. The van der Waals surface area contributed by atoms with Gasteiger partial charge in [-0.2, -0.15) is 0 Å². The summed E-state index contributed by atoms with van der Waals surface area (Å²) in [6.07, 6.45) is 5.50. The minimum absolute atomic E-state index is 0.386. The number of aryl methyl sites for hydroxylation is 2. The fourth-order valence-corrected chi connectivity index (χ4v) is 1.75. The van der Waals surface area contributed by atoms with Crippen LogP contribution in [0.15, 0.2) is 6.20 Å². The number of methoxy groups -OCH3 is 1. The third-order valence-electron chi connectivity index (χ3n) is 2.78. The molecule has 4 nitrogen and oxygen atoms in total. The van der Waals surface area contributed by atoms with Gasteiger partial charge in [0.2, 0.25) is 5.95 Å². The van der Waals surface area contributed by atoms with E-state index in [4.69, 9.17) is 4.74 Å². The SMILES string of the molecule is CCCCn1cc(C)nc1NC(C)CCOC. The fourth-order valence-electron chi connectivity index (χ4n) is 1.75. The van der Waals surface area contributed by atoms with Crippen molar-refractivity contribution in [3.05, 3.63) is 11.9 Å². The van der Waals surface area contributed by atoms with E-state index < -0.39 is 0 Å². The largest absolute Gasteiger partial charge is 0.385 e. The molecule has 1 atom stereocenters. The van der Waals surface area contributed by atoms with Crippen molar-refractivity contribution in [2.24, 2.45) is 0 Å². The van der Waals surface area contributed by atoms with Crippen molar-refractivity contribution in [2.75, 3.05) is 19.0 Å². The number of hydrogen-bond acceptors (Lipinski definition) is 3. The van der Waals surface area contributed by atoms with Gasteiger partial charge in [-0.05, 0) is 26.7 Å². The Balaban J connectivity index is 2.55. The van der Waals surface area contributed by atoms with Gasteiger partial charge in [-0.25, -0.2) is 4.98 Å². The monoisotopic (exact) mass is 239 g/mol. The van der Waals surface area contributed by atoms with E-state index in [1.54, 1.807) is 7.11 Å². The summed E-state index contributed by atoms with van der Waals surface area (Å²) in [4.78, 5) is 4.52. The highest BCUT2D eigenvalue weighted by atomic mass is 16.5. The van der Waals surface area contributed by atoms with Crippen LogP contribution in [0.1, 0.15) is 38.8 Å². The van der Waals surface area contributed by atoms with Crippen LogP contribution < -0.4 is 5.32 Å². The van der Waals surface area contributed by atoms with Crippen LogP contribution in [0.5, 0.6) is 0 Å². The van der Waals surface area contributed by atoms with E-state index >= 15 is 0 Å². The summed E-state index contributed by atoms with van der Waals surface area (Å²) in [7, 11) is 1.74. The maximum Gasteiger partial charge on any atom is 0.203 e. The normalized spacial score (nSPS) is 12.7. The molecule has 17 heavy (non-hydrogen) atoms. The van der Waals surface area contributed by atoms with E-state index in [1.807, 2.05) is 6.92 Å². The van der Waals surface area contributed by atoms with Gasteiger partial charge in [0.15, 0.2) is 0 Å². The van der Waals surface area contributed by atoms with E-state index in [0.29, 0.717) is 6.04 Å². The van der Waals surface area contributed by atoms with Crippen LogP contribution in [0.3, 0.4) is 0 Å². The zero-order chi connectivity index (χ0) is 12.7. The second-order valence-corrected chi connectivity index (χ2v) is 4.58. The van der Waals surface area contributed by atoms with Gasteiger partial charge in [-0.3, -0.25) is 0 Å². The number of hydrogen-bond donors (Lipinski definition) is 1. The van der Waals surface area contributed by atoms with Gasteiger partial charge in [0.1, 0.15) is 0 Å². The molecule has 1 heterocycles. The van der Waals surface area contributed by atoms with E-state index in [2.05, 4.69) is 34.9 Å². The Morgan fingerprint density at radius 3 is 2.94 bits per heavy atom. The van der Waals surface area contributed by atoms with Gasteiger partial charge < -0.3 is 14.6 Å². The van der Waals surface area contributed by atoms with Crippen LogP contribution in [0.4, 0.5) is 5.95 Å². The van der Waals surface area contributed by atoms with Gasteiger partial charge in [0, 0.05) is 32.5 Å². The highest BCUT2D eigenvalue weighted by molar-refractivity contribution is 5.29. The first-order chi connectivity index (χ1) is 8.17. The number of anilines is 1. The van der Waals surface area contributed by atoms with Crippen LogP contribution in [0.25, 0.3) is 0 Å². The van der Waals surface area contributed by atoms with Gasteiger partial charge in [0.25, 0.3) is 0 Å². The molecule has 0 aliphatic heterocycles. The number of ether oxygens (including phenoxy) is 1. The highest BCUT2D eigenvalue weighted by Crippen LogP contribution is 2.12. The first-order valence-corrected chi connectivity index (χ1v) is 6.46. The molecule has 0 spiro atoms. The third-order valence-corrected chi connectivity index (χ3v) is 2.78. The van der Waals surface area contributed by atoms with Crippen molar-refractivity contribution < 1.29 is 4.74 Å². The van der Waals surface area contributed by atoms with Crippen LogP contribution >= 0.6 is 0 Å². The van der Waals surface area contributed by atoms with Crippen LogP contribution in [-0.2, 0) is 11.3 Å². The lowest BCUT2D eigenvalue weighted by atomic mass is 10.2. The lowest BCUT2D eigenvalue weighted by Gasteiger charge is -2.15. The molecular formula is C13H25N3O. The predicted octanol–water partition coefficient (Wildman–Crippen LogP) is 2.83. The molecule has 1 rings (SSSR count). The molecule has 0 aromatic carbocycles. The second kappa shape index (κ2) is 7.33. The number of nitrogens with one attached hydrogen (secondary N) is 1. The smallest absolute Gasteiger partial charge is 0.203 e. The molecule has 0 aliphatic rings. The fraction of sp³-hybridized carbons (Fsp3) is 0.769. The zero-order valence-electron chi connectivity index (χ0n) is 11.5. The van der Waals surface area contributed by atoms with Crippen molar-refractivity contribution >= 4 is 5.95 Å². The lowest BCUT2D eigenvalue weighted by molar-refractivity contribution is 0.191. The van der Waals surface area contributed by atoms with Crippen molar-refractivity contribution in [2.45, 2.75) is 52.6 Å². The molecule has 1 unspecified atom stereocenters. The number of rotatable bonds is 8. The Morgan fingerprint density at radius 2 is 2.29 bits per heavy atom. The van der Waals surface area contributed by atoms with E-state index in [-0.39, 0.29) is 0 Å². The van der Waals surface area contributed by atoms with Gasteiger partial charge in [0.05, 0.1) is 5.69 Å². The van der Waals surface area contributed by atoms with Crippen LogP contribution in [-0.4, -0.2) is 29.3 Å². The van der Waals surface area contributed by atoms with Crippen molar-refractivity contribution in [1.29, 1.82) is 0 Å². The molecule has 0 bridgehead atoms. The van der Waals surface area contributed by atoms with Crippen molar-refractivity contribution in [1.82, 2.24) is 9.55 Å². The number of unbranched alkanes of at least 4 members (excludes halogenated alkanes) is 1.